The van der Waals surface area contributed by atoms with Gasteiger partial charge in [-0.3, -0.25) is 0 Å². The number of nitrogens with two attached hydrogens (primary N) is 1. The lowest BCUT2D eigenvalue weighted by Gasteiger charge is -2.36. The minimum Gasteiger partial charge on any atom is -0.413 e. The van der Waals surface area contributed by atoms with Crippen LogP contribution in [-0.4, -0.2) is 26.3 Å². The van der Waals surface area contributed by atoms with Crippen LogP contribution >= 0.6 is 0 Å². The molecule has 0 radical (unpaired) electrons. The van der Waals surface area contributed by atoms with Gasteiger partial charge in [0.1, 0.15) is 6.23 Å². The molecule has 0 aromatic rings. The molecule has 0 saturated carbocycles. The van der Waals surface area contributed by atoms with Gasteiger partial charge in [-0.05, 0) is 18.1 Å². The van der Waals surface area contributed by atoms with E-state index in [9.17, 15) is 0 Å². The molecule has 0 aromatic carbocycles. The Morgan fingerprint density at radius 3 is 2.08 bits per heavy atom. The summed E-state index contributed by atoms with van der Waals surface area (Å²) < 4.78 is 5.62. The second-order valence-corrected chi connectivity index (χ2v) is 9.45. The van der Waals surface area contributed by atoms with Crippen LogP contribution in [0.1, 0.15) is 20.8 Å². The molecule has 0 saturated heterocycles. The van der Waals surface area contributed by atoms with E-state index in [2.05, 4.69) is 33.9 Å². The van der Waals surface area contributed by atoms with E-state index in [1.54, 1.807) is 0 Å². The highest BCUT2D eigenvalue weighted by molar-refractivity contribution is 6.74. The van der Waals surface area contributed by atoms with Gasteiger partial charge < -0.3 is 15.3 Å². The smallest absolute Gasteiger partial charge is 0.192 e. The Hall–Kier alpha value is 0.0969. The van der Waals surface area contributed by atoms with E-state index in [4.69, 9.17) is 15.3 Å². The average Bonchev–Trinajstić information content (AvgIpc) is 1.81. The summed E-state index contributed by atoms with van der Waals surface area (Å²) >= 11 is 0. The lowest BCUT2D eigenvalue weighted by molar-refractivity contribution is 0.105. The Morgan fingerprint density at radius 2 is 1.83 bits per heavy atom. The Kier molecular flexibility index (Phi) is 3.90. The van der Waals surface area contributed by atoms with Gasteiger partial charge in [0.2, 0.25) is 0 Å². The fourth-order valence-corrected chi connectivity index (χ4v) is 1.53. The van der Waals surface area contributed by atoms with Gasteiger partial charge in [0, 0.05) is 0 Å². The third kappa shape index (κ3) is 3.67. The minimum absolute atomic E-state index is 0.182. The third-order valence-corrected chi connectivity index (χ3v) is 6.92. The highest BCUT2D eigenvalue weighted by atomic mass is 28.4. The molecule has 0 aliphatic rings. The Labute approximate surface area is 76.0 Å². The van der Waals surface area contributed by atoms with Crippen LogP contribution in [0.25, 0.3) is 0 Å². The van der Waals surface area contributed by atoms with Crippen molar-refractivity contribution in [3.8, 4) is 0 Å². The van der Waals surface area contributed by atoms with E-state index >= 15 is 0 Å². The van der Waals surface area contributed by atoms with Gasteiger partial charge in [0.25, 0.3) is 0 Å². The molecule has 0 aliphatic heterocycles. The number of hydrogen-bond donors (Lipinski definition) is 2. The van der Waals surface area contributed by atoms with Crippen LogP contribution in [0.5, 0.6) is 0 Å². The van der Waals surface area contributed by atoms with Gasteiger partial charge in [0.15, 0.2) is 8.32 Å². The first kappa shape index (κ1) is 12.1. The number of aliphatic hydroxyl groups is 1. The maximum absolute atomic E-state index is 8.86. The molecule has 0 fully saturated rings. The zero-order valence-corrected chi connectivity index (χ0v) is 9.72. The molecular weight excluding hydrogens is 170 g/mol. The summed E-state index contributed by atoms with van der Waals surface area (Å²) in [7, 11) is -1.71. The molecule has 0 spiro atoms. The maximum atomic E-state index is 8.86. The molecule has 12 heavy (non-hydrogen) atoms. The molecule has 4 heteroatoms. The fraction of sp³-hybridized carbons (Fsp3) is 1.00. The van der Waals surface area contributed by atoms with Crippen molar-refractivity contribution < 1.29 is 9.53 Å². The summed E-state index contributed by atoms with van der Waals surface area (Å²) in [5.41, 5.74) is 5.20. The molecule has 0 amide bonds. The van der Waals surface area contributed by atoms with Crippen LogP contribution < -0.4 is 5.73 Å². The average molecular weight is 191 g/mol. The highest BCUT2D eigenvalue weighted by Crippen LogP contribution is 2.36. The van der Waals surface area contributed by atoms with Crippen molar-refractivity contribution in [2.75, 3.05) is 6.61 Å². The van der Waals surface area contributed by atoms with Gasteiger partial charge in [-0.15, -0.1) is 0 Å². The highest BCUT2D eigenvalue weighted by Gasteiger charge is 2.37. The van der Waals surface area contributed by atoms with E-state index in [1.807, 2.05) is 0 Å². The second-order valence-electron chi connectivity index (χ2n) is 4.64. The van der Waals surface area contributed by atoms with Gasteiger partial charge in [-0.25, -0.2) is 0 Å². The van der Waals surface area contributed by atoms with Crippen molar-refractivity contribution in [1.29, 1.82) is 0 Å². The molecule has 3 N–H and O–H groups in total. The molecule has 74 valence electrons. The first-order chi connectivity index (χ1) is 5.17. The van der Waals surface area contributed by atoms with Crippen LogP contribution in [0.15, 0.2) is 0 Å². The summed E-state index contributed by atoms with van der Waals surface area (Å²) in [5.74, 6) is 0. The summed E-state index contributed by atoms with van der Waals surface area (Å²) in [4.78, 5) is 0. The standard InChI is InChI=1S/C8H21NO2Si/c1-8(2,3)12(4,5)11-6-7(9)10/h7,10H,6,9H2,1-5H3. The number of hydrogen-bond acceptors (Lipinski definition) is 3. The number of aliphatic hydroxyl groups excluding tert-OH is 1. The molecule has 0 aromatic heterocycles. The van der Waals surface area contributed by atoms with E-state index in [0.717, 1.165) is 0 Å². The molecular formula is C8H21NO2Si. The Bertz CT molecular complexity index is 140. The van der Waals surface area contributed by atoms with Crippen LogP contribution in [-0.2, 0) is 4.43 Å². The molecule has 1 unspecified atom stereocenters. The van der Waals surface area contributed by atoms with Crippen LogP contribution in [0.2, 0.25) is 18.1 Å². The monoisotopic (exact) mass is 191 g/mol. The SMILES string of the molecule is CC(C)(C)[Si](C)(C)OCC(N)O. The Balaban J connectivity index is 4.05. The largest absolute Gasteiger partial charge is 0.413 e. The lowest BCUT2D eigenvalue weighted by Crippen LogP contribution is -2.43. The normalized spacial score (nSPS) is 16.2. The first-order valence-electron chi connectivity index (χ1n) is 4.24. The van der Waals surface area contributed by atoms with Crippen molar-refractivity contribution >= 4 is 8.32 Å². The van der Waals surface area contributed by atoms with Crippen LogP contribution in [0, 0.1) is 0 Å². The zero-order chi connectivity index (χ0) is 9.99. The number of rotatable bonds is 3. The van der Waals surface area contributed by atoms with Crippen molar-refractivity contribution in [2.45, 2.75) is 45.1 Å². The quantitative estimate of drug-likeness (QED) is 0.522. The van der Waals surface area contributed by atoms with Gasteiger partial charge in [0.05, 0.1) is 6.61 Å². The minimum atomic E-state index is -1.71. The topological polar surface area (TPSA) is 55.5 Å². The lowest BCUT2D eigenvalue weighted by atomic mass is 10.2. The second kappa shape index (κ2) is 3.87. The molecule has 3 nitrogen and oxygen atoms in total. The van der Waals surface area contributed by atoms with Gasteiger partial charge >= 0.3 is 0 Å². The zero-order valence-electron chi connectivity index (χ0n) is 8.72. The maximum Gasteiger partial charge on any atom is 0.192 e. The summed E-state index contributed by atoms with van der Waals surface area (Å²) in [6, 6.07) is 0. The van der Waals surface area contributed by atoms with Gasteiger partial charge in [-0.2, -0.15) is 0 Å². The van der Waals surface area contributed by atoms with Crippen molar-refractivity contribution in [1.82, 2.24) is 0 Å². The predicted octanol–water partition coefficient (Wildman–Crippen LogP) is 1.29. The van der Waals surface area contributed by atoms with Crippen molar-refractivity contribution in [3.05, 3.63) is 0 Å². The van der Waals surface area contributed by atoms with Crippen LogP contribution in [0.3, 0.4) is 0 Å². The predicted molar refractivity (Wildman–Crippen MR) is 53.3 cm³/mol. The summed E-state index contributed by atoms with van der Waals surface area (Å²) in [6.45, 7) is 11.0. The van der Waals surface area contributed by atoms with E-state index < -0.39 is 14.5 Å². The van der Waals surface area contributed by atoms with Crippen molar-refractivity contribution in [2.24, 2.45) is 5.73 Å². The molecule has 0 bridgehead atoms. The molecule has 0 rings (SSSR count). The van der Waals surface area contributed by atoms with Gasteiger partial charge in [-0.1, -0.05) is 20.8 Å². The third-order valence-electron chi connectivity index (χ3n) is 2.42. The fourth-order valence-electron chi connectivity index (χ4n) is 0.510. The van der Waals surface area contributed by atoms with E-state index in [-0.39, 0.29) is 11.6 Å². The molecule has 0 aliphatic carbocycles. The molecule has 1 atom stereocenters. The van der Waals surface area contributed by atoms with Crippen LogP contribution in [0.4, 0.5) is 0 Å². The van der Waals surface area contributed by atoms with E-state index in [0.29, 0.717) is 0 Å². The summed E-state index contributed by atoms with van der Waals surface area (Å²) in [5, 5.41) is 9.04. The Morgan fingerprint density at radius 1 is 1.42 bits per heavy atom. The van der Waals surface area contributed by atoms with Crippen molar-refractivity contribution in [3.63, 3.8) is 0 Å². The molecule has 0 heterocycles. The summed E-state index contributed by atoms with van der Waals surface area (Å²) in [6.07, 6.45) is -0.848. The van der Waals surface area contributed by atoms with E-state index in [1.165, 1.54) is 0 Å². The first-order valence-corrected chi connectivity index (χ1v) is 7.15.